The second kappa shape index (κ2) is 8.39. The number of rotatable bonds is 6. The van der Waals surface area contributed by atoms with Gasteiger partial charge in [0, 0.05) is 0 Å². The van der Waals surface area contributed by atoms with Crippen LogP contribution in [0.25, 0.3) is 0 Å². The Morgan fingerprint density at radius 1 is 1.08 bits per heavy atom. The van der Waals surface area contributed by atoms with E-state index in [-0.39, 0.29) is 5.91 Å². The van der Waals surface area contributed by atoms with E-state index in [9.17, 15) is 4.79 Å². The van der Waals surface area contributed by atoms with Gasteiger partial charge in [-0.15, -0.1) is 0 Å². The Bertz CT molecular complexity index is 806. The number of amides is 1. The summed E-state index contributed by atoms with van der Waals surface area (Å²) in [5, 5.41) is 4.34. The highest BCUT2D eigenvalue weighted by molar-refractivity contribution is 6.32. The molecule has 0 atom stereocenters. The van der Waals surface area contributed by atoms with Crippen molar-refractivity contribution in [3.63, 3.8) is 0 Å². The molecule has 7 heteroatoms. The molecule has 0 aliphatic heterocycles. The molecule has 0 fully saturated rings. The highest BCUT2D eigenvalue weighted by Gasteiger charge is 2.12. The Morgan fingerprint density at radius 3 is 2.44 bits per heavy atom. The molecule has 0 saturated carbocycles. The summed E-state index contributed by atoms with van der Waals surface area (Å²) < 4.78 is 15.6. The van der Waals surface area contributed by atoms with Crippen LogP contribution < -0.4 is 19.6 Å². The fourth-order valence-electron chi connectivity index (χ4n) is 2.22. The molecular formula is C18H19ClN2O4. The molecule has 6 nitrogen and oxygen atoms in total. The third-order valence-electron chi connectivity index (χ3n) is 3.44. The minimum absolute atomic E-state index is 0.375. The predicted molar refractivity (Wildman–Crippen MR) is 97.3 cm³/mol. The molecule has 132 valence electrons. The standard InChI is InChI=1S/C18H19ClN2O4/c1-11-5-6-13(15(7-11)23-2)18(22)21-20-10-12-8-14(19)17(25-4)16(9-12)24-3/h5-10H,1-4H3,(H,21,22)/b20-10-. The predicted octanol–water partition coefficient (Wildman–Crippen LogP) is 3.44. The molecule has 1 amide bonds. The van der Waals surface area contributed by atoms with Crippen LogP contribution in [-0.4, -0.2) is 33.5 Å². The Morgan fingerprint density at radius 2 is 1.80 bits per heavy atom. The first kappa shape index (κ1) is 18.6. The molecule has 0 unspecified atom stereocenters. The lowest BCUT2D eigenvalue weighted by molar-refractivity contribution is 0.0952. The average molecular weight is 363 g/mol. The summed E-state index contributed by atoms with van der Waals surface area (Å²) in [5.41, 5.74) is 4.51. The summed E-state index contributed by atoms with van der Waals surface area (Å²) in [4.78, 5) is 12.2. The third-order valence-corrected chi connectivity index (χ3v) is 3.72. The lowest BCUT2D eigenvalue weighted by Gasteiger charge is -2.10. The van der Waals surface area contributed by atoms with E-state index in [1.54, 1.807) is 24.3 Å². The van der Waals surface area contributed by atoms with E-state index in [0.29, 0.717) is 33.4 Å². The van der Waals surface area contributed by atoms with Crippen molar-refractivity contribution in [3.05, 3.63) is 52.0 Å². The SMILES string of the molecule is COc1cc(C)ccc1C(=O)N/N=C\c1cc(Cl)c(OC)c(OC)c1. The van der Waals surface area contributed by atoms with Crippen molar-refractivity contribution >= 4 is 23.7 Å². The zero-order chi connectivity index (χ0) is 18.4. The number of methoxy groups -OCH3 is 3. The molecule has 0 bridgehead atoms. The number of benzene rings is 2. The van der Waals surface area contributed by atoms with Crippen molar-refractivity contribution in [2.24, 2.45) is 5.10 Å². The molecule has 25 heavy (non-hydrogen) atoms. The number of nitrogens with one attached hydrogen (secondary N) is 1. The summed E-state index contributed by atoms with van der Waals surface area (Å²) in [7, 11) is 4.54. The summed E-state index contributed by atoms with van der Waals surface area (Å²) >= 11 is 6.13. The van der Waals surface area contributed by atoms with Crippen LogP contribution in [-0.2, 0) is 0 Å². The zero-order valence-corrected chi connectivity index (χ0v) is 15.2. The largest absolute Gasteiger partial charge is 0.496 e. The van der Waals surface area contributed by atoms with Crippen LogP contribution in [0.15, 0.2) is 35.4 Å². The number of aryl methyl sites for hydroxylation is 1. The van der Waals surface area contributed by atoms with Crippen molar-refractivity contribution in [2.45, 2.75) is 6.92 Å². The monoisotopic (exact) mass is 362 g/mol. The van der Waals surface area contributed by atoms with Gasteiger partial charge < -0.3 is 14.2 Å². The molecule has 0 aliphatic carbocycles. The Hall–Kier alpha value is -2.73. The summed E-state index contributed by atoms with van der Waals surface area (Å²) in [6.45, 7) is 1.92. The number of carbonyl (C=O) groups is 1. The number of halogens is 1. The normalized spacial score (nSPS) is 10.6. The first-order chi connectivity index (χ1) is 12.0. The average Bonchev–Trinajstić information content (AvgIpc) is 2.60. The second-order valence-electron chi connectivity index (χ2n) is 5.14. The molecule has 0 aromatic heterocycles. The van der Waals surface area contributed by atoms with Gasteiger partial charge in [-0.05, 0) is 42.3 Å². The lowest BCUT2D eigenvalue weighted by atomic mass is 10.1. The van der Waals surface area contributed by atoms with E-state index in [4.69, 9.17) is 25.8 Å². The van der Waals surface area contributed by atoms with E-state index in [2.05, 4.69) is 10.5 Å². The maximum atomic E-state index is 12.2. The summed E-state index contributed by atoms with van der Waals surface area (Å²) in [6, 6.07) is 8.66. The molecule has 0 aliphatic rings. The quantitative estimate of drug-likeness (QED) is 0.631. The highest BCUT2D eigenvalue weighted by atomic mass is 35.5. The van der Waals surface area contributed by atoms with E-state index in [1.165, 1.54) is 27.5 Å². The van der Waals surface area contributed by atoms with Crippen molar-refractivity contribution in [1.29, 1.82) is 0 Å². The molecule has 2 aromatic rings. The number of ether oxygens (including phenoxy) is 3. The van der Waals surface area contributed by atoms with Crippen LogP contribution in [0.1, 0.15) is 21.5 Å². The van der Waals surface area contributed by atoms with Gasteiger partial charge >= 0.3 is 0 Å². The highest BCUT2D eigenvalue weighted by Crippen LogP contribution is 2.35. The van der Waals surface area contributed by atoms with Crippen LogP contribution in [0.3, 0.4) is 0 Å². The minimum atomic E-state index is -0.375. The first-order valence-corrected chi connectivity index (χ1v) is 7.77. The molecule has 2 rings (SSSR count). The Labute approximate surface area is 151 Å². The lowest BCUT2D eigenvalue weighted by Crippen LogP contribution is -2.18. The van der Waals surface area contributed by atoms with Crippen LogP contribution in [0.2, 0.25) is 5.02 Å². The fraction of sp³-hybridized carbons (Fsp3) is 0.222. The summed E-state index contributed by atoms with van der Waals surface area (Å²) in [6.07, 6.45) is 1.46. The van der Waals surface area contributed by atoms with Gasteiger partial charge in [-0.25, -0.2) is 5.43 Å². The van der Waals surface area contributed by atoms with Gasteiger partial charge in [0.2, 0.25) is 0 Å². The van der Waals surface area contributed by atoms with Gasteiger partial charge in [0.25, 0.3) is 5.91 Å². The van der Waals surface area contributed by atoms with Gasteiger partial charge in [0.1, 0.15) is 5.75 Å². The molecule has 1 N–H and O–H groups in total. The van der Waals surface area contributed by atoms with Crippen LogP contribution in [0, 0.1) is 6.92 Å². The van der Waals surface area contributed by atoms with Gasteiger partial charge in [-0.3, -0.25) is 4.79 Å². The van der Waals surface area contributed by atoms with Crippen molar-refractivity contribution in [2.75, 3.05) is 21.3 Å². The van der Waals surface area contributed by atoms with Crippen LogP contribution >= 0.6 is 11.6 Å². The summed E-state index contributed by atoms with van der Waals surface area (Å²) in [5.74, 6) is 1.03. The van der Waals surface area contributed by atoms with Crippen LogP contribution in [0.5, 0.6) is 17.2 Å². The van der Waals surface area contributed by atoms with E-state index in [1.807, 2.05) is 13.0 Å². The number of hydrazone groups is 1. The smallest absolute Gasteiger partial charge is 0.275 e. The number of hydrogen-bond acceptors (Lipinski definition) is 5. The van der Waals surface area contributed by atoms with E-state index < -0.39 is 0 Å². The van der Waals surface area contributed by atoms with Gasteiger partial charge in [-0.2, -0.15) is 5.10 Å². The fourth-order valence-corrected chi connectivity index (χ4v) is 2.52. The number of nitrogens with zero attached hydrogens (tertiary/aromatic N) is 1. The van der Waals surface area contributed by atoms with E-state index in [0.717, 1.165) is 5.56 Å². The Balaban J connectivity index is 2.16. The van der Waals surface area contributed by atoms with Crippen molar-refractivity contribution < 1.29 is 19.0 Å². The van der Waals surface area contributed by atoms with Gasteiger partial charge in [0.15, 0.2) is 11.5 Å². The van der Waals surface area contributed by atoms with Gasteiger partial charge in [0.05, 0.1) is 38.1 Å². The Kier molecular flexibility index (Phi) is 6.25. The topological polar surface area (TPSA) is 69.2 Å². The third kappa shape index (κ3) is 4.42. The molecule has 0 spiro atoms. The molecule has 0 saturated heterocycles. The second-order valence-corrected chi connectivity index (χ2v) is 5.55. The minimum Gasteiger partial charge on any atom is -0.496 e. The molecule has 2 aromatic carbocycles. The molecule has 0 heterocycles. The maximum Gasteiger partial charge on any atom is 0.275 e. The number of hydrogen-bond donors (Lipinski definition) is 1. The first-order valence-electron chi connectivity index (χ1n) is 7.39. The van der Waals surface area contributed by atoms with Crippen LogP contribution in [0.4, 0.5) is 0 Å². The molecular weight excluding hydrogens is 344 g/mol. The van der Waals surface area contributed by atoms with Crippen molar-refractivity contribution in [3.8, 4) is 17.2 Å². The molecule has 0 radical (unpaired) electrons. The van der Waals surface area contributed by atoms with Gasteiger partial charge in [-0.1, -0.05) is 17.7 Å². The maximum absolute atomic E-state index is 12.2. The number of carbonyl (C=O) groups excluding carboxylic acids is 1. The van der Waals surface area contributed by atoms with Crippen molar-refractivity contribution in [1.82, 2.24) is 5.43 Å². The van der Waals surface area contributed by atoms with E-state index >= 15 is 0 Å². The zero-order valence-electron chi connectivity index (χ0n) is 14.4.